The molecule has 1 fully saturated rings. The molecule has 4 nitrogen and oxygen atoms in total. The van der Waals surface area contributed by atoms with Crippen molar-refractivity contribution < 1.29 is 9.53 Å². The van der Waals surface area contributed by atoms with Gasteiger partial charge < -0.3 is 15.4 Å². The largest absolute Gasteiger partial charge is 0.444 e. The summed E-state index contributed by atoms with van der Waals surface area (Å²) in [6, 6.07) is 0.137. The minimum atomic E-state index is -0.423. The maximum absolute atomic E-state index is 12.0. The van der Waals surface area contributed by atoms with E-state index < -0.39 is 5.60 Å². The highest BCUT2D eigenvalue weighted by atomic mass is 16.6. The van der Waals surface area contributed by atoms with Crippen molar-refractivity contribution in [2.75, 3.05) is 13.1 Å². The van der Waals surface area contributed by atoms with Crippen molar-refractivity contribution in [3.8, 4) is 0 Å². The van der Waals surface area contributed by atoms with E-state index in [-0.39, 0.29) is 12.1 Å². The third-order valence-corrected chi connectivity index (χ3v) is 3.10. The molecule has 0 saturated carbocycles. The lowest BCUT2D eigenvalue weighted by molar-refractivity contribution is 0.0230. The fourth-order valence-corrected chi connectivity index (χ4v) is 2.10. The van der Waals surface area contributed by atoms with Crippen LogP contribution >= 0.6 is 0 Å². The van der Waals surface area contributed by atoms with E-state index in [4.69, 9.17) is 10.5 Å². The zero-order valence-corrected chi connectivity index (χ0v) is 11.5. The first-order chi connectivity index (χ1) is 7.79. The molecule has 17 heavy (non-hydrogen) atoms. The Morgan fingerprint density at radius 2 is 2.06 bits per heavy atom. The summed E-state index contributed by atoms with van der Waals surface area (Å²) < 4.78 is 5.41. The first kappa shape index (κ1) is 14.3. The number of ether oxygens (including phenoxy) is 1. The van der Waals surface area contributed by atoms with Gasteiger partial charge in [-0.3, -0.25) is 0 Å². The number of likely N-dealkylation sites (tertiary alicyclic amines) is 1. The van der Waals surface area contributed by atoms with Gasteiger partial charge in [0.05, 0.1) is 0 Å². The van der Waals surface area contributed by atoms with E-state index in [1.807, 2.05) is 32.6 Å². The maximum atomic E-state index is 12.0. The molecule has 100 valence electrons. The van der Waals surface area contributed by atoms with Crippen LogP contribution in [-0.2, 0) is 4.74 Å². The predicted octanol–water partition coefficient (Wildman–Crippen LogP) is 2.37. The minimum absolute atomic E-state index is 0.137. The molecule has 1 rings (SSSR count). The molecular formula is C13H26N2O2. The Balaban J connectivity index is 2.59. The summed E-state index contributed by atoms with van der Waals surface area (Å²) in [5.41, 5.74) is 5.52. The van der Waals surface area contributed by atoms with Crippen molar-refractivity contribution >= 4 is 6.09 Å². The monoisotopic (exact) mass is 242 g/mol. The molecule has 1 amide bonds. The van der Waals surface area contributed by atoms with E-state index in [1.165, 1.54) is 0 Å². The molecule has 0 bridgehead atoms. The quantitative estimate of drug-likeness (QED) is 0.768. The molecule has 1 aliphatic rings. The summed E-state index contributed by atoms with van der Waals surface area (Å²) in [5, 5.41) is 0. The highest BCUT2D eigenvalue weighted by Crippen LogP contribution is 2.20. The highest BCUT2D eigenvalue weighted by molar-refractivity contribution is 5.68. The lowest BCUT2D eigenvalue weighted by Crippen LogP contribution is -2.42. The zero-order chi connectivity index (χ0) is 13.1. The normalized spacial score (nSPS) is 24.1. The van der Waals surface area contributed by atoms with Crippen molar-refractivity contribution in [3.63, 3.8) is 0 Å². The van der Waals surface area contributed by atoms with Crippen LogP contribution in [0.5, 0.6) is 0 Å². The maximum Gasteiger partial charge on any atom is 0.410 e. The van der Waals surface area contributed by atoms with E-state index in [0.717, 1.165) is 32.4 Å². The van der Waals surface area contributed by atoms with Crippen LogP contribution in [0.4, 0.5) is 4.79 Å². The summed E-state index contributed by atoms with van der Waals surface area (Å²) in [7, 11) is 0. The summed E-state index contributed by atoms with van der Waals surface area (Å²) in [5.74, 6) is 0.394. The minimum Gasteiger partial charge on any atom is -0.444 e. The van der Waals surface area contributed by atoms with Gasteiger partial charge in [0.1, 0.15) is 5.60 Å². The van der Waals surface area contributed by atoms with E-state index in [1.54, 1.807) is 0 Å². The standard InChI is InChI=1S/C13H26N2O2/c1-10(14)11-7-5-6-8-15(9-11)12(16)17-13(2,3)4/h10-11H,5-9,14H2,1-4H3. The van der Waals surface area contributed by atoms with Crippen molar-refractivity contribution in [1.29, 1.82) is 0 Å². The molecule has 2 unspecified atom stereocenters. The second-order valence-corrected chi connectivity index (χ2v) is 6.04. The summed E-state index contributed by atoms with van der Waals surface area (Å²) in [6.07, 6.45) is 3.09. The van der Waals surface area contributed by atoms with Crippen molar-refractivity contribution in [2.45, 2.75) is 58.6 Å². The molecule has 2 atom stereocenters. The number of nitrogens with two attached hydrogens (primary N) is 1. The van der Waals surface area contributed by atoms with Crippen molar-refractivity contribution in [3.05, 3.63) is 0 Å². The molecule has 1 aliphatic heterocycles. The molecule has 1 saturated heterocycles. The average molecular weight is 242 g/mol. The summed E-state index contributed by atoms with van der Waals surface area (Å²) in [4.78, 5) is 13.8. The molecule has 1 heterocycles. The second kappa shape index (κ2) is 5.71. The van der Waals surface area contributed by atoms with Gasteiger partial charge in [0.15, 0.2) is 0 Å². The molecule has 0 aromatic carbocycles. The van der Waals surface area contributed by atoms with Crippen LogP contribution in [0.3, 0.4) is 0 Å². The third kappa shape index (κ3) is 4.94. The topological polar surface area (TPSA) is 55.6 Å². The van der Waals surface area contributed by atoms with Crippen molar-refractivity contribution in [1.82, 2.24) is 4.90 Å². The molecule has 4 heteroatoms. The SMILES string of the molecule is CC(N)C1CCCCN(C(=O)OC(C)(C)C)C1. The molecule has 2 N–H and O–H groups in total. The smallest absolute Gasteiger partial charge is 0.410 e. The molecular weight excluding hydrogens is 216 g/mol. The molecule has 0 aromatic heterocycles. The van der Waals surface area contributed by atoms with Gasteiger partial charge in [0.2, 0.25) is 0 Å². The van der Waals surface area contributed by atoms with Gasteiger partial charge in [0.25, 0.3) is 0 Å². The van der Waals surface area contributed by atoms with E-state index in [9.17, 15) is 4.79 Å². The number of hydrogen-bond donors (Lipinski definition) is 1. The van der Waals surface area contributed by atoms with Crippen LogP contribution in [0.2, 0.25) is 0 Å². The molecule has 0 spiro atoms. The Hall–Kier alpha value is -0.770. The van der Waals surface area contributed by atoms with Gasteiger partial charge in [-0.05, 0) is 46.5 Å². The summed E-state index contributed by atoms with van der Waals surface area (Å²) in [6.45, 7) is 9.22. The lowest BCUT2D eigenvalue weighted by atomic mass is 9.97. The van der Waals surface area contributed by atoms with Crippen molar-refractivity contribution in [2.24, 2.45) is 11.7 Å². The van der Waals surface area contributed by atoms with Gasteiger partial charge in [-0.2, -0.15) is 0 Å². The third-order valence-electron chi connectivity index (χ3n) is 3.10. The number of nitrogens with zero attached hydrogens (tertiary/aromatic N) is 1. The molecule has 0 radical (unpaired) electrons. The van der Waals surface area contributed by atoms with Gasteiger partial charge in [-0.15, -0.1) is 0 Å². The Morgan fingerprint density at radius 1 is 1.41 bits per heavy atom. The van der Waals surface area contributed by atoms with Crippen LogP contribution in [0.1, 0.15) is 47.0 Å². The Bertz CT molecular complexity index is 259. The zero-order valence-electron chi connectivity index (χ0n) is 11.5. The number of carbonyl (C=O) groups excluding carboxylic acids is 1. The van der Waals surface area contributed by atoms with Crippen LogP contribution < -0.4 is 5.73 Å². The van der Waals surface area contributed by atoms with Gasteiger partial charge >= 0.3 is 6.09 Å². The number of rotatable bonds is 1. The summed E-state index contributed by atoms with van der Waals surface area (Å²) >= 11 is 0. The van der Waals surface area contributed by atoms with Crippen LogP contribution in [0.25, 0.3) is 0 Å². The van der Waals surface area contributed by atoms with Crippen LogP contribution in [0.15, 0.2) is 0 Å². The van der Waals surface area contributed by atoms with Gasteiger partial charge in [-0.25, -0.2) is 4.79 Å². The number of hydrogen-bond acceptors (Lipinski definition) is 3. The fraction of sp³-hybridized carbons (Fsp3) is 0.923. The van der Waals surface area contributed by atoms with Crippen LogP contribution in [-0.4, -0.2) is 35.7 Å². The van der Waals surface area contributed by atoms with E-state index in [2.05, 4.69) is 0 Å². The van der Waals surface area contributed by atoms with E-state index in [0.29, 0.717) is 5.92 Å². The molecule has 0 aliphatic carbocycles. The fourth-order valence-electron chi connectivity index (χ4n) is 2.10. The Labute approximate surface area is 104 Å². The van der Waals surface area contributed by atoms with Crippen LogP contribution in [0, 0.1) is 5.92 Å². The molecule has 0 aromatic rings. The second-order valence-electron chi connectivity index (χ2n) is 6.04. The van der Waals surface area contributed by atoms with E-state index >= 15 is 0 Å². The Kier molecular flexibility index (Phi) is 4.80. The predicted molar refractivity (Wildman–Crippen MR) is 68.8 cm³/mol. The number of carbonyl (C=O) groups is 1. The lowest BCUT2D eigenvalue weighted by Gasteiger charge is -2.29. The average Bonchev–Trinajstić information content (AvgIpc) is 2.39. The van der Waals surface area contributed by atoms with Gasteiger partial charge in [0, 0.05) is 19.1 Å². The Morgan fingerprint density at radius 3 is 2.59 bits per heavy atom. The highest BCUT2D eigenvalue weighted by Gasteiger charge is 2.27. The van der Waals surface area contributed by atoms with Gasteiger partial charge in [-0.1, -0.05) is 6.42 Å². The first-order valence-electron chi connectivity index (χ1n) is 6.53. The number of amides is 1. The first-order valence-corrected chi connectivity index (χ1v) is 6.53.